The highest BCUT2D eigenvalue weighted by Gasteiger charge is 2.29. The largest absolute Gasteiger partial charge is 0.497 e. The Kier molecular flexibility index (Phi) is 6.42. The van der Waals surface area contributed by atoms with E-state index in [0.717, 1.165) is 5.56 Å². The normalized spacial score (nSPS) is 11.0. The van der Waals surface area contributed by atoms with Crippen LogP contribution in [-0.4, -0.2) is 28.6 Å². The number of para-hydroxylation sites is 1. The van der Waals surface area contributed by atoms with Gasteiger partial charge in [-0.3, -0.25) is 4.31 Å². The lowest BCUT2D eigenvalue weighted by Crippen LogP contribution is -2.32. The molecule has 30 heavy (non-hydrogen) atoms. The van der Waals surface area contributed by atoms with Gasteiger partial charge in [0.2, 0.25) is 0 Å². The van der Waals surface area contributed by atoms with Crippen LogP contribution in [0.25, 0.3) is 0 Å². The Hall–Kier alpha value is -3.32. The molecule has 0 unspecified atom stereocenters. The smallest absolute Gasteiger partial charge is 0.340 e. The molecule has 0 amide bonds. The van der Waals surface area contributed by atoms with Gasteiger partial charge >= 0.3 is 5.97 Å². The van der Waals surface area contributed by atoms with Gasteiger partial charge in [-0.25, -0.2) is 13.2 Å². The van der Waals surface area contributed by atoms with Gasteiger partial charge in [0.15, 0.2) is 0 Å². The molecule has 0 aromatic heterocycles. The van der Waals surface area contributed by atoms with Crippen molar-refractivity contribution < 1.29 is 22.7 Å². The standard InChI is InChI=1S/C23H23NO5S/c1-17-11-13-20(14-12-17)30(26,27)24(16-18-7-6-8-19(15-18)28-2)22-10-5-4-9-21(22)23(25)29-3/h4-15H,16H2,1-3H3. The van der Waals surface area contributed by atoms with E-state index < -0.39 is 16.0 Å². The fraction of sp³-hybridized carbons (Fsp3) is 0.174. The first kappa shape index (κ1) is 21.4. The predicted molar refractivity (Wildman–Crippen MR) is 115 cm³/mol. The number of benzene rings is 3. The highest BCUT2D eigenvalue weighted by atomic mass is 32.2. The molecule has 3 aromatic rings. The SMILES string of the molecule is COC(=O)c1ccccc1N(Cc1cccc(OC)c1)S(=O)(=O)c1ccc(C)cc1. The second kappa shape index (κ2) is 9.00. The van der Waals surface area contributed by atoms with E-state index in [-0.39, 0.29) is 22.7 Å². The molecule has 3 rings (SSSR count). The minimum atomic E-state index is -3.97. The quantitative estimate of drug-likeness (QED) is 0.531. The molecule has 0 aliphatic rings. The molecule has 0 spiro atoms. The molecule has 0 saturated carbocycles. The Bertz CT molecular complexity index is 1140. The number of aryl methyl sites for hydroxylation is 1. The first-order valence-corrected chi connectivity index (χ1v) is 10.7. The van der Waals surface area contributed by atoms with Crippen LogP contribution in [0.15, 0.2) is 77.7 Å². The molecular formula is C23H23NO5S. The second-order valence-corrected chi connectivity index (χ2v) is 8.55. The maximum Gasteiger partial charge on any atom is 0.340 e. The van der Waals surface area contributed by atoms with Gasteiger partial charge in [-0.1, -0.05) is 42.0 Å². The molecule has 0 N–H and O–H groups in total. The van der Waals surface area contributed by atoms with Crippen molar-refractivity contribution in [2.45, 2.75) is 18.4 Å². The van der Waals surface area contributed by atoms with Gasteiger partial charge in [0.25, 0.3) is 10.0 Å². The Balaban J connectivity index is 2.16. The summed E-state index contributed by atoms with van der Waals surface area (Å²) >= 11 is 0. The molecule has 7 heteroatoms. The Morgan fingerprint density at radius 2 is 1.63 bits per heavy atom. The minimum Gasteiger partial charge on any atom is -0.497 e. The van der Waals surface area contributed by atoms with Gasteiger partial charge < -0.3 is 9.47 Å². The monoisotopic (exact) mass is 425 g/mol. The van der Waals surface area contributed by atoms with Crippen molar-refractivity contribution >= 4 is 21.7 Å². The first-order valence-electron chi connectivity index (χ1n) is 9.26. The molecule has 0 fully saturated rings. The van der Waals surface area contributed by atoms with Crippen LogP contribution in [-0.2, 0) is 21.3 Å². The molecule has 0 aliphatic carbocycles. The van der Waals surface area contributed by atoms with Crippen molar-refractivity contribution in [1.82, 2.24) is 0 Å². The molecule has 0 saturated heterocycles. The third-order valence-corrected chi connectivity index (χ3v) is 6.42. The third-order valence-electron chi connectivity index (χ3n) is 4.65. The number of rotatable bonds is 7. The number of hydrogen-bond acceptors (Lipinski definition) is 5. The van der Waals surface area contributed by atoms with Gasteiger partial charge in [-0.05, 0) is 48.9 Å². The average molecular weight is 426 g/mol. The summed E-state index contributed by atoms with van der Waals surface area (Å²) in [5, 5.41) is 0. The van der Waals surface area contributed by atoms with E-state index in [1.807, 2.05) is 6.92 Å². The number of ether oxygens (including phenoxy) is 2. The zero-order chi connectivity index (χ0) is 21.7. The number of hydrogen-bond donors (Lipinski definition) is 0. The number of sulfonamides is 1. The van der Waals surface area contributed by atoms with E-state index in [9.17, 15) is 13.2 Å². The van der Waals surface area contributed by atoms with E-state index in [4.69, 9.17) is 9.47 Å². The summed E-state index contributed by atoms with van der Waals surface area (Å²) in [6, 6.07) is 20.2. The van der Waals surface area contributed by atoms with E-state index in [0.29, 0.717) is 11.3 Å². The van der Waals surface area contributed by atoms with Crippen LogP contribution in [0.1, 0.15) is 21.5 Å². The molecule has 0 radical (unpaired) electrons. The summed E-state index contributed by atoms with van der Waals surface area (Å²) in [5.41, 5.74) is 2.07. The number of carbonyl (C=O) groups excluding carboxylic acids is 1. The molecular weight excluding hydrogens is 402 g/mol. The van der Waals surface area contributed by atoms with Crippen molar-refractivity contribution in [3.63, 3.8) is 0 Å². The molecule has 3 aromatic carbocycles. The van der Waals surface area contributed by atoms with Crippen LogP contribution in [0.2, 0.25) is 0 Å². The lowest BCUT2D eigenvalue weighted by Gasteiger charge is -2.26. The number of carbonyl (C=O) groups is 1. The van der Waals surface area contributed by atoms with Crippen LogP contribution in [0.3, 0.4) is 0 Å². The molecule has 6 nitrogen and oxygen atoms in total. The number of esters is 1. The van der Waals surface area contributed by atoms with Gasteiger partial charge in [0.1, 0.15) is 5.75 Å². The van der Waals surface area contributed by atoms with E-state index in [2.05, 4.69) is 0 Å². The third kappa shape index (κ3) is 4.46. The van der Waals surface area contributed by atoms with Crippen LogP contribution in [0.4, 0.5) is 5.69 Å². The van der Waals surface area contributed by atoms with E-state index >= 15 is 0 Å². The molecule has 0 heterocycles. The minimum absolute atomic E-state index is 0.0153. The zero-order valence-corrected chi connectivity index (χ0v) is 17.8. The molecule has 0 bridgehead atoms. The fourth-order valence-electron chi connectivity index (χ4n) is 3.05. The van der Waals surface area contributed by atoms with Crippen molar-refractivity contribution in [3.8, 4) is 5.75 Å². The summed E-state index contributed by atoms with van der Waals surface area (Å²) in [6.45, 7) is 1.90. The Morgan fingerprint density at radius 1 is 0.933 bits per heavy atom. The molecule has 0 aliphatic heterocycles. The van der Waals surface area contributed by atoms with Crippen LogP contribution in [0.5, 0.6) is 5.75 Å². The van der Waals surface area contributed by atoms with Crippen molar-refractivity contribution in [3.05, 3.63) is 89.5 Å². The summed E-state index contributed by atoms with van der Waals surface area (Å²) in [5.74, 6) is 0.00165. The van der Waals surface area contributed by atoms with Crippen LogP contribution < -0.4 is 9.04 Å². The van der Waals surface area contributed by atoms with E-state index in [1.54, 1.807) is 79.9 Å². The van der Waals surface area contributed by atoms with Crippen LogP contribution in [0, 0.1) is 6.92 Å². The van der Waals surface area contributed by atoms with Crippen LogP contribution >= 0.6 is 0 Å². The average Bonchev–Trinajstić information content (AvgIpc) is 2.77. The van der Waals surface area contributed by atoms with E-state index in [1.165, 1.54) is 11.4 Å². The van der Waals surface area contributed by atoms with Gasteiger partial charge in [-0.2, -0.15) is 0 Å². The fourth-order valence-corrected chi connectivity index (χ4v) is 4.52. The van der Waals surface area contributed by atoms with Crippen molar-refractivity contribution in [1.29, 1.82) is 0 Å². The zero-order valence-electron chi connectivity index (χ0n) is 17.0. The topological polar surface area (TPSA) is 72.9 Å². The van der Waals surface area contributed by atoms with Gasteiger partial charge in [0, 0.05) is 0 Å². The highest BCUT2D eigenvalue weighted by Crippen LogP contribution is 2.30. The van der Waals surface area contributed by atoms with Crippen molar-refractivity contribution in [2.75, 3.05) is 18.5 Å². The number of anilines is 1. The second-order valence-electron chi connectivity index (χ2n) is 6.68. The Morgan fingerprint density at radius 3 is 2.30 bits per heavy atom. The summed E-state index contributed by atoms with van der Waals surface area (Å²) < 4.78 is 38.6. The Labute approximate surface area is 176 Å². The summed E-state index contributed by atoms with van der Waals surface area (Å²) in [7, 11) is -1.16. The highest BCUT2D eigenvalue weighted by molar-refractivity contribution is 7.92. The number of nitrogens with zero attached hydrogens (tertiary/aromatic N) is 1. The lowest BCUT2D eigenvalue weighted by molar-refractivity contribution is 0.0601. The maximum absolute atomic E-state index is 13.6. The van der Waals surface area contributed by atoms with Crippen molar-refractivity contribution in [2.24, 2.45) is 0 Å². The van der Waals surface area contributed by atoms with Gasteiger partial charge in [-0.15, -0.1) is 0 Å². The molecule has 0 atom stereocenters. The predicted octanol–water partition coefficient (Wildman–Crippen LogP) is 4.19. The lowest BCUT2D eigenvalue weighted by atomic mass is 10.1. The summed E-state index contributed by atoms with van der Waals surface area (Å²) in [6.07, 6.45) is 0. The molecule has 156 valence electrons. The van der Waals surface area contributed by atoms with Gasteiger partial charge in [0.05, 0.1) is 36.9 Å². The number of methoxy groups -OCH3 is 2. The maximum atomic E-state index is 13.6. The first-order chi connectivity index (χ1) is 14.4. The summed E-state index contributed by atoms with van der Waals surface area (Å²) in [4.78, 5) is 12.5.